The molecule has 3 nitrogen and oxygen atoms in total. The maximum atomic E-state index is 11.3. The molecule has 102 valence electrons. The second kappa shape index (κ2) is 8.95. The Morgan fingerprint density at radius 3 is 2.39 bits per heavy atom. The first-order chi connectivity index (χ1) is 8.19. The van der Waals surface area contributed by atoms with Gasteiger partial charge in [0.05, 0.1) is 12.7 Å². The van der Waals surface area contributed by atoms with Crippen molar-refractivity contribution in [1.82, 2.24) is 0 Å². The van der Waals surface area contributed by atoms with E-state index >= 15 is 0 Å². The van der Waals surface area contributed by atoms with E-state index in [1.54, 1.807) is 12.1 Å². The van der Waals surface area contributed by atoms with Gasteiger partial charge in [0.1, 0.15) is 0 Å². The number of hydrogen-bond acceptors (Lipinski definition) is 3. The molecule has 18 heavy (non-hydrogen) atoms. The van der Waals surface area contributed by atoms with Crippen LogP contribution in [-0.4, -0.2) is 13.1 Å². The maximum Gasteiger partial charge on any atom is 0.337 e. The summed E-state index contributed by atoms with van der Waals surface area (Å²) in [4.78, 5) is 11.3. The summed E-state index contributed by atoms with van der Waals surface area (Å²) in [5.74, 6) is -0.309. The van der Waals surface area contributed by atoms with E-state index in [1.165, 1.54) is 20.0 Å². The van der Waals surface area contributed by atoms with Gasteiger partial charge >= 0.3 is 5.97 Å². The molecule has 0 amide bonds. The van der Waals surface area contributed by atoms with Crippen molar-refractivity contribution >= 4 is 18.4 Å². The van der Waals surface area contributed by atoms with E-state index in [0.717, 1.165) is 18.4 Å². The van der Waals surface area contributed by atoms with Crippen LogP contribution in [0.25, 0.3) is 0 Å². The Hall–Kier alpha value is -1.06. The van der Waals surface area contributed by atoms with Gasteiger partial charge in [0, 0.05) is 6.04 Å². The molecule has 0 unspecified atom stereocenters. The van der Waals surface area contributed by atoms with Crippen LogP contribution in [0.15, 0.2) is 24.3 Å². The molecule has 1 aromatic rings. The predicted octanol–water partition coefficient (Wildman–Crippen LogP) is 3.48. The Balaban J connectivity index is 0.00000289. The van der Waals surface area contributed by atoms with Crippen LogP contribution in [0, 0.1) is 0 Å². The molecule has 0 fully saturated rings. The van der Waals surface area contributed by atoms with Gasteiger partial charge in [-0.2, -0.15) is 0 Å². The van der Waals surface area contributed by atoms with Crippen LogP contribution < -0.4 is 5.73 Å². The second-order valence-electron chi connectivity index (χ2n) is 4.22. The van der Waals surface area contributed by atoms with E-state index in [-0.39, 0.29) is 24.4 Å². The van der Waals surface area contributed by atoms with Crippen LogP contribution in [0.1, 0.15) is 54.6 Å². The van der Waals surface area contributed by atoms with Crippen molar-refractivity contribution in [2.75, 3.05) is 7.11 Å². The van der Waals surface area contributed by atoms with Crippen molar-refractivity contribution in [3.05, 3.63) is 35.4 Å². The van der Waals surface area contributed by atoms with E-state index in [1.807, 2.05) is 12.1 Å². The zero-order valence-electron chi connectivity index (χ0n) is 11.0. The molecule has 2 N–H and O–H groups in total. The number of halogens is 1. The van der Waals surface area contributed by atoms with Gasteiger partial charge in [-0.1, -0.05) is 38.3 Å². The number of methoxy groups -OCH3 is 1. The average molecular weight is 272 g/mol. The summed E-state index contributed by atoms with van der Waals surface area (Å²) in [5, 5.41) is 0. The number of benzene rings is 1. The third kappa shape index (κ3) is 5.07. The highest BCUT2D eigenvalue weighted by atomic mass is 35.5. The maximum absolute atomic E-state index is 11.3. The number of carbonyl (C=O) groups excluding carboxylic acids is 1. The van der Waals surface area contributed by atoms with Crippen molar-refractivity contribution in [2.45, 2.75) is 38.6 Å². The highest BCUT2D eigenvalue weighted by Crippen LogP contribution is 2.18. The molecule has 0 radical (unpaired) electrons. The number of hydrogen-bond donors (Lipinski definition) is 1. The molecule has 0 spiro atoms. The molecule has 1 rings (SSSR count). The minimum Gasteiger partial charge on any atom is -0.465 e. The number of nitrogens with two attached hydrogens (primary N) is 1. The van der Waals surface area contributed by atoms with Gasteiger partial charge in [0.25, 0.3) is 0 Å². The average Bonchev–Trinajstić information content (AvgIpc) is 2.38. The second-order valence-corrected chi connectivity index (χ2v) is 4.22. The normalized spacial score (nSPS) is 11.5. The van der Waals surface area contributed by atoms with Gasteiger partial charge in [-0.15, -0.1) is 12.4 Å². The van der Waals surface area contributed by atoms with Crippen LogP contribution in [-0.2, 0) is 4.74 Å². The predicted molar refractivity (Wildman–Crippen MR) is 76.1 cm³/mol. The Morgan fingerprint density at radius 2 is 1.89 bits per heavy atom. The summed E-state index contributed by atoms with van der Waals surface area (Å²) in [6.07, 6.45) is 4.56. The van der Waals surface area contributed by atoms with E-state index in [9.17, 15) is 4.79 Å². The summed E-state index contributed by atoms with van der Waals surface area (Å²) in [6, 6.07) is 7.40. The number of ether oxygens (including phenoxy) is 1. The summed E-state index contributed by atoms with van der Waals surface area (Å²) in [5.41, 5.74) is 7.72. The summed E-state index contributed by atoms with van der Waals surface area (Å²) in [6.45, 7) is 2.18. The first-order valence-corrected chi connectivity index (χ1v) is 6.13. The van der Waals surface area contributed by atoms with Crippen molar-refractivity contribution in [1.29, 1.82) is 0 Å². The summed E-state index contributed by atoms with van der Waals surface area (Å²) < 4.78 is 4.65. The van der Waals surface area contributed by atoms with Crippen LogP contribution >= 0.6 is 12.4 Å². The lowest BCUT2D eigenvalue weighted by atomic mass is 10.0. The molecule has 0 aliphatic heterocycles. The number of carbonyl (C=O) groups is 1. The first-order valence-electron chi connectivity index (χ1n) is 6.13. The molecule has 4 heteroatoms. The fourth-order valence-electron chi connectivity index (χ4n) is 1.77. The summed E-state index contributed by atoms with van der Waals surface area (Å²) in [7, 11) is 1.38. The van der Waals surface area contributed by atoms with E-state index in [0.29, 0.717) is 5.56 Å². The molecule has 0 saturated carbocycles. The van der Waals surface area contributed by atoms with Crippen LogP contribution in [0.2, 0.25) is 0 Å². The molecular weight excluding hydrogens is 250 g/mol. The van der Waals surface area contributed by atoms with Crippen LogP contribution in [0.3, 0.4) is 0 Å². The fraction of sp³-hybridized carbons (Fsp3) is 0.500. The Labute approximate surface area is 115 Å². The van der Waals surface area contributed by atoms with Crippen molar-refractivity contribution in [3.8, 4) is 0 Å². The highest BCUT2D eigenvalue weighted by molar-refractivity contribution is 5.89. The lowest BCUT2D eigenvalue weighted by Crippen LogP contribution is -2.10. The lowest BCUT2D eigenvalue weighted by molar-refractivity contribution is 0.0600. The van der Waals surface area contributed by atoms with Crippen LogP contribution in [0.4, 0.5) is 0 Å². The fourth-order valence-corrected chi connectivity index (χ4v) is 1.77. The van der Waals surface area contributed by atoms with Crippen molar-refractivity contribution in [2.24, 2.45) is 5.73 Å². The van der Waals surface area contributed by atoms with Gasteiger partial charge in [0.2, 0.25) is 0 Å². The van der Waals surface area contributed by atoms with Crippen molar-refractivity contribution in [3.63, 3.8) is 0 Å². The summed E-state index contributed by atoms with van der Waals surface area (Å²) >= 11 is 0. The van der Waals surface area contributed by atoms with Gasteiger partial charge in [0.15, 0.2) is 0 Å². The SMILES string of the molecule is CCCCC[C@@H](N)c1ccc(C(=O)OC)cc1.Cl. The molecule has 0 heterocycles. The minimum absolute atomic E-state index is 0. The van der Waals surface area contributed by atoms with Crippen LogP contribution in [0.5, 0.6) is 0 Å². The zero-order valence-corrected chi connectivity index (χ0v) is 11.8. The van der Waals surface area contributed by atoms with E-state index < -0.39 is 0 Å². The Bertz CT molecular complexity index is 351. The Morgan fingerprint density at radius 1 is 1.28 bits per heavy atom. The zero-order chi connectivity index (χ0) is 12.7. The molecule has 1 aromatic carbocycles. The monoisotopic (exact) mass is 271 g/mol. The third-order valence-electron chi connectivity index (χ3n) is 2.88. The molecule has 0 aromatic heterocycles. The standard InChI is InChI=1S/C14H21NO2.ClH/c1-3-4-5-6-13(15)11-7-9-12(10-8-11)14(16)17-2;/h7-10,13H,3-6,15H2,1-2H3;1H/t13-;/m1./s1. The highest BCUT2D eigenvalue weighted by Gasteiger charge is 2.08. The minimum atomic E-state index is -0.309. The van der Waals surface area contributed by atoms with E-state index in [2.05, 4.69) is 11.7 Å². The van der Waals surface area contributed by atoms with Gasteiger partial charge < -0.3 is 10.5 Å². The molecule has 0 aliphatic carbocycles. The van der Waals surface area contributed by atoms with Gasteiger partial charge in [-0.05, 0) is 24.1 Å². The lowest BCUT2D eigenvalue weighted by Gasteiger charge is -2.12. The smallest absolute Gasteiger partial charge is 0.337 e. The largest absolute Gasteiger partial charge is 0.465 e. The molecule has 0 aliphatic rings. The molecule has 0 saturated heterocycles. The molecular formula is C14H22ClNO2. The molecule has 1 atom stereocenters. The topological polar surface area (TPSA) is 52.3 Å². The third-order valence-corrected chi connectivity index (χ3v) is 2.88. The molecule has 0 bridgehead atoms. The Kier molecular flexibility index (Phi) is 8.42. The quantitative estimate of drug-likeness (QED) is 0.637. The van der Waals surface area contributed by atoms with Gasteiger partial charge in [-0.3, -0.25) is 0 Å². The van der Waals surface area contributed by atoms with E-state index in [4.69, 9.17) is 5.73 Å². The van der Waals surface area contributed by atoms with Gasteiger partial charge in [-0.25, -0.2) is 4.79 Å². The number of unbranched alkanes of at least 4 members (excludes halogenated alkanes) is 2. The number of esters is 1. The van der Waals surface area contributed by atoms with Crippen molar-refractivity contribution < 1.29 is 9.53 Å². The first kappa shape index (κ1) is 16.9. The number of rotatable bonds is 6.